The highest BCUT2D eigenvalue weighted by Crippen LogP contribution is 2.37. The molecule has 1 fully saturated rings. The van der Waals surface area contributed by atoms with Gasteiger partial charge in [-0.05, 0) is 42.9 Å². The topological polar surface area (TPSA) is 26.0 Å². The maximum atomic E-state index is 13.0. The Morgan fingerprint density at radius 1 is 1.22 bits per heavy atom. The normalized spacial score (nSPS) is 28.9. The van der Waals surface area contributed by atoms with E-state index in [-0.39, 0.29) is 11.4 Å². The van der Waals surface area contributed by atoms with Crippen LogP contribution in [0.3, 0.4) is 0 Å². The van der Waals surface area contributed by atoms with E-state index in [1.807, 2.05) is 12.1 Å². The summed E-state index contributed by atoms with van der Waals surface area (Å²) in [7, 11) is 0. The molecular weight excluding hydrogens is 225 g/mol. The smallest absolute Gasteiger partial charge is 0.123 e. The second-order valence-corrected chi connectivity index (χ2v) is 5.75. The summed E-state index contributed by atoms with van der Waals surface area (Å²) in [6.45, 7) is 2.25. The monoisotopic (exact) mass is 249 g/mol. The molecule has 0 heterocycles. The van der Waals surface area contributed by atoms with Crippen LogP contribution in [-0.2, 0) is 5.54 Å². The molecule has 0 saturated heterocycles. The summed E-state index contributed by atoms with van der Waals surface area (Å²) < 4.78 is 13.0. The molecule has 1 nitrogen and oxygen atoms in total. The molecule has 0 aliphatic heterocycles. The quantitative estimate of drug-likeness (QED) is 0.791. The Bertz CT molecular complexity index is 373. The lowest BCUT2D eigenvalue weighted by atomic mass is 9.83. The van der Waals surface area contributed by atoms with Crippen molar-refractivity contribution in [1.82, 2.24) is 0 Å². The average molecular weight is 249 g/mol. The Labute approximate surface area is 110 Å². The van der Waals surface area contributed by atoms with Crippen molar-refractivity contribution >= 4 is 0 Å². The van der Waals surface area contributed by atoms with Crippen molar-refractivity contribution in [2.45, 2.75) is 57.4 Å². The molecule has 0 aromatic heterocycles. The zero-order valence-electron chi connectivity index (χ0n) is 11.3. The first kappa shape index (κ1) is 13.5. The zero-order chi connectivity index (χ0) is 13.0. The number of benzene rings is 1. The molecule has 0 spiro atoms. The van der Waals surface area contributed by atoms with Crippen LogP contribution in [0, 0.1) is 11.7 Å². The third-order valence-electron chi connectivity index (χ3n) is 4.35. The van der Waals surface area contributed by atoms with Crippen LogP contribution >= 0.6 is 0 Å². The first-order valence-electron chi connectivity index (χ1n) is 7.19. The fourth-order valence-electron chi connectivity index (χ4n) is 3.20. The van der Waals surface area contributed by atoms with Crippen LogP contribution < -0.4 is 5.73 Å². The van der Waals surface area contributed by atoms with Crippen LogP contribution in [0.5, 0.6) is 0 Å². The Hall–Kier alpha value is -0.890. The molecule has 1 aromatic rings. The fourth-order valence-corrected chi connectivity index (χ4v) is 3.20. The van der Waals surface area contributed by atoms with E-state index in [9.17, 15) is 4.39 Å². The minimum Gasteiger partial charge on any atom is -0.321 e. The fraction of sp³-hybridized carbons (Fsp3) is 0.625. The van der Waals surface area contributed by atoms with Crippen molar-refractivity contribution in [3.05, 3.63) is 35.6 Å². The lowest BCUT2D eigenvalue weighted by Crippen LogP contribution is -2.36. The van der Waals surface area contributed by atoms with Crippen molar-refractivity contribution in [1.29, 1.82) is 0 Å². The molecule has 1 saturated carbocycles. The average Bonchev–Trinajstić information content (AvgIpc) is 2.54. The second kappa shape index (κ2) is 5.83. The number of halogens is 1. The number of nitrogens with two attached hydrogens (primary N) is 1. The Balaban J connectivity index is 2.09. The molecule has 2 N–H and O–H groups in total. The minimum absolute atomic E-state index is 0.181. The maximum Gasteiger partial charge on any atom is 0.123 e. The van der Waals surface area contributed by atoms with Gasteiger partial charge >= 0.3 is 0 Å². The molecule has 2 atom stereocenters. The van der Waals surface area contributed by atoms with E-state index in [0.29, 0.717) is 0 Å². The summed E-state index contributed by atoms with van der Waals surface area (Å²) in [4.78, 5) is 0. The SMILES string of the molecule is CCCC1CCCC(N)(c2ccc(F)cc2)CC1. The van der Waals surface area contributed by atoms with E-state index in [1.54, 1.807) is 0 Å². The van der Waals surface area contributed by atoms with Crippen molar-refractivity contribution < 1.29 is 4.39 Å². The lowest BCUT2D eigenvalue weighted by molar-refractivity contribution is 0.366. The van der Waals surface area contributed by atoms with Crippen molar-refractivity contribution in [3.63, 3.8) is 0 Å². The van der Waals surface area contributed by atoms with Crippen LogP contribution in [0.2, 0.25) is 0 Å². The van der Waals surface area contributed by atoms with Gasteiger partial charge in [-0.2, -0.15) is 0 Å². The highest BCUT2D eigenvalue weighted by Gasteiger charge is 2.30. The number of hydrogen-bond donors (Lipinski definition) is 1. The second-order valence-electron chi connectivity index (χ2n) is 5.75. The van der Waals surface area contributed by atoms with Gasteiger partial charge in [-0.25, -0.2) is 4.39 Å². The van der Waals surface area contributed by atoms with E-state index in [0.717, 1.165) is 24.3 Å². The third kappa shape index (κ3) is 3.11. The van der Waals surface area contributed by atoms with Crippen molar-refractivity contribution in [2.24, 2.45) is 11.7 Å². The third-order valence-corrected chi connectivity index (χ3v) is 4.35. The van der Waals surface area contributed by atoms with Crippen LogP contribution in [0.15, 0.2) is 24.3 Å². The Morgan fingerprint density at radius 2 is 1.94 bits per heavy atom. The van der Waals surface area contributed by atoms with Crippen molar-refractivity contribution in [2.75, 3.05) is 0 Å². The predicted molar refractivity (Wildman–Crippen MR) is 73.7 cm³/mol. The highest BCUT2D eigenvalue weighted by atomic mass is 19.1. The molecule has 0 bridgehead atoms. The van der Waals surface area contributed by atoms with E-state index in [1.165, 1.54) is 44.2 Å². The summed E-state index contributed by atoms with van der Waals surface area (Å²) in [6.07, 6.45) is 8.34. The summed E-state index contributed by atoms with van der Waals surface area (Å²) in [6, 6.07) is 6.77. The molecule has 1 aliphatic rings. The summed E-state index contributed by atoms with van der Waals surface area (Å²) >= 11 is 0. The molecule has 1 aliphatic carbocycles. The van der Waals surface area contributed by atoms with E-state index >= 15 is 0 Å². The van der Waals surface area contributed by atoms with Gasteiger partial charge in [-0.3, -0.25) is 0 Å². The van der Waals surface area contributed by atoms with Gasteiger partial charge in [0.05, 0.1) is 0 Å². The largest absolute Gasteiger partial charge is 0.321 e. The van der Waals surface area contributed by atoms with E-state index < -0.39 is 0 Å². The molecule has 2 rings (SSSR count). The van der Waals surface area contributed by atoms with Gasteiger partial charge < -0.3 is 5.73 Å². The summed E-state index contributed by atoms with van der Waals surface area (Å²) in [5.74, 6) is 0.653. The summed E-state index contributed by atoms with van der Waals surface area (Å²) in [5.41, 5.74) is 7.42. The number of rotatable bonds is 3. The molecule has 0 amide bonds. The van der Waals surface area contributed by atoms with E-state index in [2.05, 4.69) is 6.92 Å². The van der Waals surface area contributed by atoms with Crippen LogP contribution in [0.1, 0.15) is 57.4 Å². The molecular formula is C16H24FN. The number of hydrogen-bond acceptors (Lipinski definition) is 1. The van der Waals surface area contributed by atoms with Gasteiger partial charge in [0.15, 0.2) is 0 Å². The van der Waals surface area contributed by atoms with Gasteiger partial charge in [0.2, 0.25) is 0 Å². The first-order valence-corrected chi connectivity index (χ1v) is 7.19. The molecule has 100 valence electrons. The Kier molecular flexibility index (Phi) is 4.39. The predicted octanol–water partition coefficient (Wildman–Crippen LogP) is 4.36. The van der Waals surface area contributed by atoms with Gasteiger partial charge in [0.1, 0.15) is 5.82 Å². The van der Waals surface area contributed by atoms with Crippen LogP contribution in [-0.4, -0.2) is 0 Å². The van der Waals surface area contributed by atoms with Gasteiger partial charge in [0.25, 0.3) is 0 Å². The van der Waals surface area contributed by atoms with Crippen LogP contribution in [0.4, 0.5) is 4.39 Å². The van der Waals surface area contributed by atoms with Gasteiger partial charge in [0, 0.05) is 5.54 Å². The summed E-state index contributed by atoms with van der Waals surface area (Å²) in [5, 5.41) is 0. The molecule has 0 radical (unpaired) electrons. The van der Waals surface area contributed by atoms with Crippen LogP contribution in [0.25, 0.3) is 0 Å². The highest BCUT2D eigenvalue weighted by molar-refractivity contribution is 5.24. The molecule has 18 heavy (non-hydrogen) atoms. The lowest BCUT2D eigenvalue weighted by Gasteiger charge is -2.29. The standard InChI is InChI=1S/C16H24FN/c1-2-4-13-5-3-11-16(18,12-10-13)14-6-8-15(17)9-7-14/h6-9,13H,2-5,10-12,18H2,1H3. The first-order chi connectivity index (χ1) is 8.64. The minimum atomic E-state index is -0.240. The van der Waals surface area contributed by atoms with Gasteiger partial charge in [-0.1, -0.05) is 44.7 Å². The zero-order valence-corrected chi connectivity index (χ0v) is 11.3. The molecule has 2 heteroatoms. The Morgan fingerprint density at radius 3 is 2.61 bits per heavy atom. The maximum absolute atomic E-state index is 13.0. The molecule has 1 aromatic carbocycles. The van der Waals surface area contributed by atoms with Crippen molar-refractivity contribution in [3.8, 4) is 0 Å². The van der Waals surface area contributed by atoms with Gasteiger partial charge in [-0.15, -0.1) is 0 Å². The molecule has 2 unspecified atom stereocenters. The van der Waals surface area contributed by atoms with E-state index in [4.69, 9.17) is 5.73 Å².